The molecule has 0 aliphatic rings. The van der Waals surface area contributed by atoms with E-state index in [9.17, 15) is 18.5 Å². The minimum absolute atomic E-state index is 0.0350. The van der Waals surface area contributed by atoms with Gasteiger partial charge in [-0.25, -0.2) is 8.42 Å². The molecule has 24 heavy (non-hydrogen) atoms. The summed E-state index contributed by atoms with van der Waals surface area (Å²) < 4.78 is 26.7. The number of para-hydroxylation sites is 1. The summed E-state index contributed by atoms with van der Waals surface area (Å²) in [5.41, 5.74) is -0.0157. The number of hydrogen-bond donors (Lipinski definition) is 0. The summed E-state index contributed by atoms with van der Waals surface area (Å²) in [5.74, 6) is 0. The van der Waals surface area contributed by atoms with Crippen molar-refractivity contribution in [2.75, 3.05) is 6.54 Å². The first-order valence-electron chi connectivity index (χ1n) is 6.97. The molecule has 8 nitrogen and oxygen atoms in total. The lowest BCUT2D eigenvalue weighted by atomic mass is 10.3. The standard InChI is InChI=1S/C15H14N4O4S/c16-9-5-11-18(12-13-6-3-4-10-17-13)24(22,23)15-8-2-1-7-14(15)19(20)21/h1-4,6-8,10H,5,11-12H2. The van der Waals surface area contributed by atoms with Crippen molar-refractivity contribution < 1.29 is 13.3 Å². The maximum absolute atomic E-state index is 12.9. The van der Waals surface area contributed by atoms with Crippen LogP contribution in [-0.2, 0) is 16.6 Å². The van der Waals surface area contributed by atoms with Crippen molar-refractivity contribution in [1.82, 2.24) is 9.29 Å². The van der Waals surface area contributed by atoms with Crippen LogP contribution in [0.5, 0.6) is 0 Å². The predicted molar refractivity (Wildman–Crippen MR) is 85.2 cm³/mol. The summed E-state index contributed by atoms with van der Waals surface area (Å²) in [6.45, 7) is -0.154. The molecule has 1 heterocycles. The predicted octanol–water partition coefficient (Wildman–Crippen LogP) is 2.09. The van der Waals surface area contributed by atoms with Crippen LogP contribution in [0.1, 0.15) is 12.1 Å². The maximum Gasteiger partial charge on any atom is 0.289 e. The third kappa shape index (κ3) is 3.92. The highest BCUT2D eigenvalue weighted by atomic mass is 32.2. The van der Waals surface area contributed by atoms with Crippen molar-refractivity contribution in [2.24, 2.45) is 0 Å². The molecule has 0 bridgehead atoms. The SMILES string of the molecule is N#CCCN(Cc1ccccn1)S(=O)(=O)c1ccccc1[N+](=O)[O-]. The van der Waals surface area contributed by atoms with Crippen molar-refractivity contribution >= 4 is 15.7 Å². The largest absolute Gasteiger partial charge is 0.289 e. The highest BCUT2D eigenvalue weighted by Crippen LogP contribution is 2.27. The third-order valence-corrected chi connectivity index (χ3v) is 5.11. The van der Waals surface area contributed by atoms with Gasteiger partial charge in [-0.15, -0.1) is 0 Å². The van der Waals surface area contributed by atoms with E-state index in [1.54, 1.807) is 18.2 Å². The molecule has 0 aliphatic heterocycles. The highest BCUT2D eigenvalue weighted by Gasteiger charge is 2.31. The van der Waals surface area contributed by atoms with Crippen LogP contribution in [-0.4, -0.2) is 29.2 Å². The Morgan fingerprint density at radius 1 is 1.21 bits per heavy atom. The van der Waals surface area contributed by atoms with Gasteiger partial charge in [0.1, 0.15) is 0 Å². The van der Waals surface area contributed by atoms with Gasteiger partial charge in [-0.1, -0.05) is 18.2 Å². The fraction of sp³-hybridized carbons (Fsp3) is 0.200. The summed E-state index contributed by atoms with van der Waals surface area (Å²) in [7, 11) is -4.15. The smallest absolute Gasteiger partial charge is 0.260 e. The molecule has 9 heteroatoms. The average Bonchev–Trinajstić information content (AvgIpc) is 2.59. The van der Waals surface area contributed by atoms with Crippen LogP contribution < -0.4 is 0 Å². The number of hydrogen-bond acceptors (Lipinski definition) is 6. The molecule has 0 radical (unpaired) electrons. The van der Waals surface area contributed by atoms with Crippen LogP contribution in [0.2, 0.25) is 0 Å². The molecule has 124 valence electrons. The topological polar surface area (TPSA) is 117 Å². The van der Waals surface area contributed by atoms with Gasteiger partial charge in [0.05, 0.1) is 23.2 Å². The Hall–Kier alpha value is -2.83. The lowest BCUT2D eigenvalue weighted by Crippen LogP contribution is -2.32. The van der Waals surface area contributed by atoms with Crippen molar-refractivity contribution in [1.29, 1.82) is 5.26 Å². The Labute approximate surface area is 139 Å². The molecule has 1 aromatic carbocycles. The molecule has 0 fully saturated rings. The normalized spacial score (nSPS) is 11.2. The molecular formula is C15H14N4O4S. The molecule has 0 unspecified atom stereocenters. The summed E-state index contributed by atoms with van der Waals surface area (Å²) >= 11 is 0. The van der Waals surface area contributed by atoms with Gasteiger partial charge >= 0.3 is 0 Å². The molecule has 0 atom stereocenters. The molecule has 0 spiro atoms. The lowest BCUT2D eigenvalue weighted by molar-refractivity contribution is -0.387. The lowest BCUT2D eigenvalue weighted by Gasteiger charge is -2.20. The number of benzene rings is 1. The molecule has 0 saturated heterocycles. The molecule has 1 aromatic heterocycles. The first-order valence-corrected chi connectivity index (χ1v) is 8.41. The number of nitriles is 1. The molecule has 0 saturated carbocycles. The summed E-state index contributed by atoms with van der Waals surface area (Å²) in [6.07, 6.45) is 1.49. The molecule has 2 aromatic rings. The van der Waals surface area contributed by atoms with Crippen LogP contribution in [0.3, 0.4) is 0 Å². The van der Waals surface area contributed by atoms with Crippen LogP contribution >= 0.6 is 0 Å². The monoisotopic (exact) mass is 346 g/mol. The number of nitro benzene ring substituents is 1. The van der Waals surface area contributed by atoms with Crippen molar-refractivity contribution in [3.05, 3.63) is 64.5 Å². The van der Waals surface area contributed by atoms with Gasteiger partial charge in [-0.2, -0.15) is 9.57 Å². The van der Waals surface area contributed by atoms with E-state index in [0.29, 0.717) is 5.69 Å². The van der Waals surface area contributed by atoms with E-state index in [2.05, 4.69) is 4.98 Å². The molecule has 2 rings (SSSR count). The minimum atomic E-state index is -4.15. The number of aromatic nitrogens is 1. The fourth-order valence-electron chi connectivity index (χ4n) is 2.10. The maximum atomic E-state index is 12.9. The second kappa shape index (κ2) is 7.63. The number of pyridine rings is 1. The van der Waals surface area contributed by atoms with Crippen LogP contribution in [0.25, 0.3) is 0 Å². The van der Waals surface area contributed by atoms with Gasteiger partial charge in [0, 0.05) is 25.2 Å². The zero-order chi connectivity index (χ0) is 17.6. The van der Waals surface area contributed by atoms with E-state index in [1.165, 1.54) is 24.4 Å². The van der Waals surface area contributed by atoms with Crippen molar-refractivity contribution in [3.63, 3.8) is 0 Å². The van der Waals surface area contributed by atoms with Gasteiger partial charge in [0.15, 0.2) is 4.90 Å². The Balaban J connectivity index is 2.44. The van der Waals surface area contributed by atoms with Gasteiger partial charge in [-0.05, 0) is 18.2 Å². The first kappa shape index (κ1) is 17.5. The third-order valence-electron chi connectivity index (χ3n) is 3.22. The van der Waals surface area contributed by atoms with E-state index in [0.717, 1.165) is 10.4 Å². The summed E-state index contributed by atoms with van der Waals surface area (Å²) in [6, 6.07) is 12.1. The minimum Gasteiger partial charge on any atom is -0.260 e. The zero-order valence-corrected chi connectivity index (χ0v) is 13.4. The highest BCUT2D eigenvalue weighted by molar-refractivity contribution is 7.89. The van der Waals surface area contributed by atoms with Crippen LogP contribution in [0, 0.1) is 21.4 Å². The van der Waals surface area contributed by atoms with Gasteiger partial charge < -0.3 is 0 Å². The average molecular weight is 346 g/mol. The molecule has 0 N–H and O–H groups in total. The number of sulfonamides is 1. The summed E-state index contributed by atoms with van der Waals surface area (Å²) in [5, 5.41) is 19.9. The first-order chi connectivity index (χ1) is 11.5. The Morgan fingerprint density at radius 2 is 1.92 bits per heavy atom. The number of nitrogens with zero attached hydrogens (tertiary/aromatic N) is 4. The Bertz CT molecular complexity index is 863. The van der Waals surface area contributed by atoms with Gasteiger partial charge in [0.2, 0.25) is 10.0 Å². The second-order valence-electron chi connectivity index (χ2n) is 4.79. The van der Waals surface area contributed by atoms with E-state index in [-0.39, 0.29) is 19.5 Å². The fourth-order valence-corrected chi connectivity index (χ4v) is 3.67. The Morgan fingerprint density at radius 3 is 2.54 bits per heavy atom. The molecule has 0 aliphatic carbocycles. The van der Waals surface area contributed by atoms with Crippen molar-refractivity contribution in [3.8, 4) is 6.07 Å². The van der Waals surface area contributed by atoms with Crippen LogP contribution in [0.15, 0.2) is 53.6 Å². The molecule has 0 amide bonds. The van der Waals surface area contributed by atoms with Crippen LogP contribution in [0.4, 0.5) is 5.69 Å². The number of nitro groups is 1. The molecular weight excluding hydrogens is 332 g/mol. The zero-order valence-electron chi connectivity index (χ0n) is 12.6. The van der Waals surface area contributed by atoms with E-state index in [4.69, 9.17) is 5.26 Å². The van der Waals surface area contributed by atoms with E-state index >= 15 is 0 Å². The number of rotatable bonds is 7. The van der Waals surface area contributed by atoms with Gasteiger partial charge in [-0.3, -0.25) is 15.1 Å². The Kier molecular flexibility index (Phi) is 5.57. The quantitative estimate of drug-likeness (QED) is 0.559. The van der Waals surface area contributed by atoms with E-state index < -0.39 is 25.5 Å². The second-order valence-corrected chi connectivity index (χ2v) is 6.70. The van der Waals surface area contributed by atoms with Gasteiger partial charge in [0.25, 0.3) is 5.69 Å². The van der Waals surface area contributed by atoms with E-state index in [1.807, 2.05) is 6.07 Å². The summed E-state index contributed by atoms with van der Waals surface area (Å²) in [4.78, 5) is 14.1. The van der Waals surface area contributed by atoms with Crippen molar-refractivity contribution in [2.45, 2.75) is 17.9 Å².